The summed E-state index contributed by atoms with van der Waals surface area (Å²) in [6, 6.07) is 7.52. The van der Waals surface area contributed by atoms with Crippen LogP contribution in [0.4, 0.5) is 0 Å². The van der Waals surface area contributed by atoms with E-state index in [-0.39, 0.29) is 18.3 Å². The number of rotatable bonds is 12. The first-order valence-electron chi connectivity index (χ1n) is 9.17. The van der Waals surface area contributed by atoms with Crippen LogP contribution in [-0.4, -0.2) is 49.7 Å². The van der Waals surface area contributed by atoms with E-state index in [1.165, 1.54) is 0 Å². The smallest absolute Gasteiger partial charge is 0.307 e. The third kappa shape index (κ3) is 8.68. The van der Waals surface area contributed by atoms with Crippen LogP contribution in [0, 0.1) is 6.92 Å². The monoisotopic (exact) mass is 349 g/mol. The fraction of sp³-hybridized carbons (Fsp3) is 0.600. The van der Waals surface area contributed by atoms with Gasteiger partial charge in [-0.3, -0.25) is 9.59 Å². The summed E-state index contributed by atoms with van der Waals surface area (Å²) in [6.45, 7) is 8.53. The SMILES string of the molecule is CCCCOCCCN(CCC(=O)OCC)C(=O)c1cccc(C)c1. The van der Waals surface area contributed by atoms with Crippen LogP contribution in [0.2, 0.25) is 0 Å². The molecule has 0 aromatic heterocycles. The van der Waals surface area contributed by atoms with Gasteiger partial charge in [-0.2, -0.15) is 0 Å². The van der Waals surface area contributed by atoms with Crippen LogP contribution < -0.4 is 0 Å². The van der Waals surface area contributed by atoms with Crippen molar-refractivity contribution >= 4 is 11.9 Å². The van der Waals surface area contributed by atoms with Crippen LogP contribution in [0.1, 0.15) is 55.5 Å². The van der Waals surface area contributed by atoms with Crippen molar-refractivity contribution in [2.75, 3.05) is 32.9 Å². The van der Waals surface area contributed by atoms with Crippen molar-refractivity contribution in [2.45, 2.75) is 46.5 Å². The van der Waals surface area contributed by atoms with E-state index < -0.39 is 0 Å². The van der Waals surface area contributed by atoms with Crippen LogP contribution in [0.15, 0.2) is 24.3 Å². The maximum absolute atomic E-state index is 12.8. The molecule has 0 unspecified atom stereocenters. The molecule has 0 bridgehead atoms. The summed E-state index contributed by atoms with van der Waals surface area (Å²) < 4.78 is 10.5. The Hall–Kier alpha value is -1.88. The van der Waals surface area contributed by atoms with Gasteiger partial charge in [0.2, 0.25) is 0 Å². The molecule has 1 rings (SSSR count). The zero-order chi connectivity index (χ0) is 18.5. The van der Waals surface area contributed by atoms with Gasteiger partial charge in [0.05, 0.1) is 13.0 Å². The predicted octanol–water partition coefficient (Wildman–Crippen LogP) is 3.60. The van der Waals surface area contributed by atoms with Gasteiger partial charge in [-0.05, 0) is 38.8 Å². The summed E-state index contributed by atoms with van der Waals surface area (Å²) in [5, 5.41) is 0. The topological polar surface area (TPSA) is 55.8 Å². The highest BCUT2D eigenvalue weighted by atomic mass is 16.5. The Bertz CT molecular complexity index is 530. The highest BCUT2D eigenvalue weighted by Crippen LogP contribution is 2.09. The number of aryl methyl sites for hydroxylation is 1. The Morgan fingerprint density at radius 3 is 2.52 bits per heavy atom. The predicted molar refractivity (Wildman–Crippen MR) is 98.7 cm³/mol. The Morgan fingerprint density at radius 2 is 1.84 bits per heavy atom. The van der Waals surface area contributed by atoms with Crippen LogP contribution >= 0.6 is 0 Å². The lowest BCUT2D eigenvalue weighted by atomic mass is 10.1. The number of ether oxygens (including phenoxy) is 2. The third-order valence-electron chi connectivity index (χ3n) is 3.80. The van der Waals surface area contributed by atoms with Crippen molar-refractivity contribution in [3.63, 3.8) is 0 Å². The molecule has 0 aliphatic heterocycles. The summed E-state index contributed by atoms with van der Waals surface area (Å²) in [4.78, 5) is 26.1. The molecule has 5 nitrogen and oxygen atoms in total. The molecule has 1 aromatic carbocycles. The van der Waals surface area contributed by atoms with Gasteiger partial charge in [0.1, 0.15) is 0 Å². The molecule has 0 fully saturated rings. The number of nitrogens with zero attached hydrogens (tertiary/aromatic N) is 1. The molecule has 0 saturated heterocycles. The molecule has 1 amide bonds. The molecule has 5 heteroatoms. The van der Waals surface area contributed by atoms with Crippen LogP contribution in [-0.2, 0) is 14.3 Å². The van der Waals surface area contributed by atoms with Gasteiger partial charge in [-0.25, -0.2) is 0 Å². The lowest BCUT2D eigenvalue weighted by Crippen LogP contribution is -2.34. The first-order chi connectivity index (χ1) is 12.1. The minimum atomic E-state index is -0.274. The number of benzene rings is 1. The number of carbonyl (C=O) groups is 2. The molecule has 0 N–H and O–H groups in total. The second-order valence-corrected chi connectivity index (χ2v) is 6.04. The minimum absolute atomic E-state index is 0.0541. The first-order valence-corrected chi connectivity index (χ1v) is 9.17. The molecule has 0 aliphatic rings. The fourth-order valence-corrected chi connectivity index (χ4v) is 2.44. The summed E-state index contributed by atoms with van der Waals surface area (Å²) in [6.07, 6.45) is 3.12. The van der Waals surface area contributed by atoms with Crippen LogP contribution in [0.5, 0.6) is 0 Å². The van der Waals surface area contributed by atoms with E-state index in [9.17, 15) is 9.59 Å². The number of unbranched alkanes of at least 4 members (excludes halogenated alkanes) is 1. The molecule has 25 heavy (non-hydrogen) atoms. The highest BCUT2D eigenvalue weighted by Gasteiger charge is 2.17. The zero-order valence-electron chi connectivity index (χ0n) is 15.8. The number of amides is 1. The Kier molecular flexibility index (Phi) is 10.6. The average molecular weight is 349 g/mol. The number of hydrogen-bond acceptors (Lipinski definition) is 4. The van der Waals surface area contributed by atoms with Gasteiger partial charge in [-0.1, -0.05) is 31.0 Å². The molecule has 0 aliphatic carbocycles. The minimum Gasteiger partial charge on any atom is -0.466 e. The molecule has 0 radical (unpaired) electrons. The maximum atomic E-state index is 12.8. The van der Waals surface area contributed by atoms with Gasteiger partial charge in [0, 0.05) is 31.9 Å². The standard InChI is InChI=1S/C20H31NO4/c1-4-6-14-24-15-8-12-21(13-11-19(22)25-5-2)20(23)18-10-7-9-17(3)16-18/h7,9-10,16H,4-6,8,11-15H2,1-3H3. The first kappa shape index (κ1) is 21.2. The van der Waals surface area contributed by atoms with Gasteiger partial charge in [0.15, 0.2) is 0 Å². The van der Waals surface area contributed by atoms with Gasteiger partial charge < -0.3 is 14.4 Å². The van der Waals surface area contributed by atoms with Crippen LogP contribution in [0.3, 0.4) is 0 Å². The van der Waals surface area contributed by atoms with E-state index in [1.54, 1.807) is 11.8 Å². The van der Waals surface area contributed by atoms with E-state index >= 15 is 0 Å². The molecule has 0 heterocycles. The Balaban J connectivity index is 2.60. The van der Waals surface area contributed by atoms with Gasteiger partial charge in [-0.15, -0.1) is 0 Å². The average Bonchev–Trinajstić information content (AvgIpc) is 2.60. The second kappa shape index (κ2) is 12.5. The summed E-state index contributed by atoms with van der Waals surface area (Å²) in [5.41, 5.74) is 1.69. The van der Waals surface area contributed by atoms with Crippen molar-refractivity contribution in [2.24, 2.45) is 0 Å². The molecular weight excluding hydrogens is 318 g/mol. The quantitative estimate of drug-likeness (QED) is 0.427. The normalized spacial score (nSPS) is 10.5. The van der Waals surface area contributed by atoms with Gasteiger partial charge >= 0.3 is 5.97 Å². The highest BCUT2D eigenvalue weighted by molar-refractivity contribution is 5.94. The van der Waals surface area contributed by atoms with E-state index in [1.807, 2.05) is 31.2 Å². The van der Waals surface area contributed by atoms with E-state index in [2.05, 4.69) is 6.92 Å². The number of hydrogen-bond donors (Lipinski definition) is 0. The molecule has 0 spiro atoms. The lowest BCUT2D eigenvalue weighted by molar-refractivity contribution is -0.143. The van der Waals surface area contributed by atoms with Crippen molar-refractivity contribution in [3.05, 3.63) is 35.4 Å². The molecule has 1 aromatic rings. The molecule has 140 valence electrons. The van der Waals surface area contributed by atoms with Crippen LogP contribution in [0.25, 0.3) is 0 Å². The number of carbonyl (C=O) groups excluding carboxylic acids is 2. The van der Waals surface area contributed by atoms with E-state index in [0.717, 1.165) is 31.4 Å². The second-order valence-electron chi connectivity index (χ2n) is 6.04. The fourth-order valence-electron chi connectivity index (χ4n) is 2.44. The largest absolute Gasteiger partial charge is 0.466 e. The Morgan fingerprint density at radius 1 is 1.08 bits per heavy atom. The summed E-state index contributed by atoms with van der Waals surface area (Å²) in [5.74, 6) is -0.328. The molecular formula is C20H31NO4. The number of esters is 1. The van der Waals surface area contributed by atoms with Crippen molar-refractivity contribution in [1.82, 2.24) is 4.90 Å². The molecule has 0 saturated carbocycles. The van der Waals surface area contributed by atoms with E-state index in [4.69, 9.17) is 9.47 Å². The van der Waals surface area contributed by atoms with Crippen molar-refractivity contribution in [1.29, 1.82) is 0 Å². The Labute approximate surface area is 151 Å². The summed E-state index contributed by atoms with van der Waals surface area (Å²) >= 11 is 0. The summed E-state index contributed by atoms with van der Waals surface area (Å²) in [7, 11) is 0. The zero-order valence-corrected chi connectivity index (χ0v) is 15.8. The van der Waals surface area contributed by atoms with E-state index in [0.29, 0.717) is 31.9 Å². The van der Waals surface area contributed by atoms with Gasteiger partial charge in [0.25, 0.3) is 5.91 Å². The third-order valence-corrected chi connectivity index (χ3v) is 3.80. The molecule has 0 atom stereocenters. The lowest BCUT2D eigenvalue weighted by Gasteiger charge is -2.22. The van der Waals surface area contributed by atoms with Crippen molar-refractivity contribution in [3.8, 4) is 0 Å². The maximum Gasteiger partial charge on any atom is 0.307 e. The van der Waals surface area contributed by atoms with Crippen molar-refractivity contribution < 1.29 is 19.1 Å².